The van der Waals surface area contributed by atoms with Gasteiger partial charge in [0, 0.05) is 16.7 Å². The first-order valence-electron chi connectivity index (χ1n) is 13.1. The highest BCUT2D eigenvalue weighted by Crippen LogP contribution is 2.38. The highest BCUT2D eigenvalue weighted by atomic mass is 16.5. The summed E-state index contributed by atoms with van der Waals surface area (Å²) in [5.74, 6) is -1.39. The van der Waals surface area contributed by atoms with Crippen molar-refractivity contribution in [2.24, 2.45) is 0 Å². The molecule has 3 aromatic rings. The fraction of sp³-hybridized carbons (Fsp3) is 0.344. The molecule has 0 unspecified atom stereocenters. The molecule has 0 spiro atoms. The molecule has 36 heavy (non-hydrogen) atoms. The van der Waals surface area contributed by atoms with Crippen molar-refractivity contribution < 1.29 is 19.1 Å². The van der Waals surface area contributed by atoms with Gasteiger partial charge in [-0.2, -0.15) is 0 Å². The van der Waals surface area contributed by atoms with Crippen LogP contribution in [-0.2, 0) is 16.0 Å². The Morgan fingerprint density at radius 3 is 2.06 bits per heavy atom. The monoisotopic (exact) mass is 482 g/mol. The predicted octanol–water partition coefficient (Wildman–Crippen LogP) is 7.27. The summed E-state index contributed by atoms with van der Waals surface area (Å²) in [6.45, 7) is 4.42. The van der Waals surface area contributed by atoms with Crippen LogP contribution in [0.1, 0.15) is 94.8 Å². The molecule has 0 aromatic heterocycles. The Labute approximate surface area is 213 Å². The van der Waals surface area contributed by atoms with Crippen LogP contribution in [0, 0.1) is 6.92 Å². The Bertz CT molecular complexity index is 1270. The van der Waals surface area contributed by atoms with Crippen LogP contribution in [-0.4, -0.2) is 24.1 Å². The lowest BCUT2D eigenvalue weighted by atomic mass is 9.96. The molecule has 0 aliphatic heterocycles. The van der Waals surface area contributed by atoms with E-state index in [4.69, 9.17) is 4.74 Å². The SMILES string of the molecule is CCCCCCCCCOC(=O)C(=O)c1ccc2c(c1)Cc1cc(C(=O)c3ccccc3C)ccc1-2. The Morgan fingerprint density at radius 1 is 0.750 bits per heavy atom. The van der Waals surface area contributed by atoms with E-state index in [1.165, 1.54) is 25.7 Å². The average Bonchev–Trinajstić information content (AvgIpc) is 3.26. The molecule has 0 bridgehead atoms. The largest absolute Gasteiger partial charge is 0.460 e. The zero-order valence-corrected chi connectivity index (χ0v) is 21.3. The quantitative estimate of drug-likeness (QED) is 0.0922. The number of rotatable bonds is 12. The van der Waals surface area contributed by atoms with Gasteiger partial charge in [0.15, 0.2) is 5.78 Å². The fourth-order valence-corrected chi connectivity index (χ4v) is 4.88. The van der Waals surface area contributed by atoms with Gasteiger partial charge in [-0.3, -0.25) is 9.59 Å². The topological polar surface area (TPSA) is 60.4 Å². The van der Waals surface area contributed by atoms with Crippen LogP contribution in [0.5, 0.6) is 0 Å². The van der Waals surface area contributed by atoms with Gasteiger partial charge in [-0.1, -0.05) is 94.0 Å². The standard InChI is InChI=1S/C32H34O4/c1-3-4-5-6-7-8-11-18-36-32(35)31(34)24-15-17-29-26(20-24)21-25-19-23(14-16-28(25)29)30(33)27-13-10-9-12-22(27)2/h9-10,12-17,19-20H,3-8,11,18,21H2,1-2H3. The van der Waals surface area contributed by atoms with Gasteiger partial charge >= 0.3 is 5.97 Å². The maximum atomic E-state index is 13.0. The molecule has 0 saturated carbocycles. The molecule has 0 amide bonds. The van der Waals surface area contributed by atoms with E-state index in [0.717, 1.165) is 47.1 Å². The molecule has 4 nitrogen and oxygen atoms in total. The Balaban J connectivity index is 1.36. The minimum Gasteiger partial charge on any atom is -0.460 e. The summed E-state index contributed by atoms with van der Waals surface area (Å²) < 4.78 is 5.23. The zero-order chi connectivity index (χ0) is 25.5. The third-order valence-electron chi connectivity index (χ3n) is 6.96. The highest BCUT2D eigenvalue weighted by molar-refractivity contribution is 6.40. The Hall–Kier alpha value is -3.53. The van der Waals surface area contributed by atoms with Gasteiger partial charge in [-0.05, 0) is 59.7 Å². The molecular weight excluding hydrogens is 448 g/mol. The second kappa shape index (κ2) is 11.9. The molecule has 0 saturated heterocycles. The average molecular weight is 483 g/mol. The number of hydrogen-bond acceptors (Lipinski definition) is 4. The van der Waals surface area contributed by atoms with Crippen molar-refractivity contribution in [2.75, 3.05) is 6.61 Å². The Kier molecular flexibility index (Phi) is 8.48. The molecule has 1 aliphatic carbocycles. The number of carbonyl (C=O) groups is 3. The van der Waals surface area contributed by atoms with Crippen LogP contribution in [0.4, 0.5) is 0 Å². The number of benzene rings is 3. The molecule has 4 rings (SSSR count). The van der Waals surface area contributed by atoms with Crippen molar-refractivity contribution in [3.05, 3.63) is 94.0 Å². The van der Waals surface area contributed by atoms with Gasteiger partial charge in [0.05, 0.1) is 6.61 Å². The molecular formula is C32H34O4. The van der Waals surface area contributed by atoms with Gasteiger partial charge in [0.1, 0.15) is 0 Å². The molecule has 3 aromatic carbocycles. The molecule has 0 N–H and O–H groups in total. The van der Waals surface area contributed by atoms with E-state index in [0.29, 0.717) is 23.1 Å². The molecule has 0 atom stereocenters. The number of aryl methyl sites for hydroxylation is 1. The molecule has 0 fully saturated rings. The van der Waals surface area contributed by atoms with Gasteiger partial charge < -0.3 is 4.74 Å². The van der Waals surface area contributed by atoms with E-state index in [2.05, 4.69) is 6.92 Å². The summed E-state index contributed by atoms with van der Waals surface area (Å²) in [6.07, 6.45) is 8.50. The summed E-state index contributed by atoms with van der Waals surface area (Å²) in [6, 6.07) is 18.7. The maximum Gasteiger partial charge on any atom is 0.379 e. The van der Waals surface area contributed by atoms with E-state index in [-0.39, 0.29) is 12.4 Å². The van der Waals surface area contributed by atoms with Crippen molar-refractivity contribution in [3.63, 3.8) is 0 Å². The number of Topliss-reactive ketones (excluding diaryl/α,β-unsaturated/α-hetero) is 1. The first kappa shape index (κ1) is 25.6. The summed E-state index contributed by atoms with van der Waals surface area (Å²) >= 11 is 0. The number of ketones is 2. The van der Waals surface area contributed by atoms with E-state index in [1.807, 2.05) is 55.5 Å². The van der Waals surface area contributed by atoms with Crippen LogP contribution in [0.25, 0.3) is 11.1 Å². The smallest absolute Gasteiger partial charge is 0.379 e. The van der Waals surface area contributed by atoms with Crippen LogP contribution in [0.3, 0.4) is 0 Å². The van der Waals surface area contributed by atoms with E-state index >= 15 is 0 Å². The number of fused-ring (bicyclic) bond motifs is 3. The van der Waals surface area contributed by atoms with Crippen molar-refractivity contribution in [2.45, 2.75) is 65.2 Å². The summed E-state index contributed by atoms with van der Waals surface area (Å²) in [7, 11) is 0. The van der Waals surface area contributed by atoms with Crippen LogP contribution in [0.15, 0.2) is 60.7 Å². The first-order valence-corrected chi connectivity index (χ1v) is 13.1. The second-order valence-corrected chi connectivity index (χ2v) is 9.65. The second-order valence-electron chi connectivity index (χ2n) is 9.65. The molecule has 186 valence electrons. The zero-order valence-electron chi connectivity index (χ0n) is 21.3. The summed E-state index contributed by atoms with van der Waals surface area (Å²) in [5.41, 5.74) is 6.79. The number of hydrogen-bond donors (Lipinski definition) is 0. The van der Waals surface area contributed by atoms with Crippen LogP contribution >= 0.6 is 0 Å². The normalized spacial score (nSPS) is 11.6. The predicted molar refractivity (Wildman–Crippen MR) is 143 cm³/mol. The third kappa shape index (κ3) is 5.81. The molecule has 0 radical (unpaired) electrons. The van der Waals surface area contributed by atoms with E-state index < -0.39 is 11.8 Å². The molecule has 1 aliphatic rings. The Morgan fingerprint density at radius 2 is 1.36 bits per heavy atom. The van der Waals surface area contributed by atoms with Gasteiger partial charge in [-0.25, -0.2) is 4.79 Å². The van der Waals surface area contributed by atoms with Crippen molar-refractivity contribution in [1.82, 2.24) is 0 Å². The van der Waals surface area contributed by atoms with Crippen LogP contribution in [0.2, 0.25) is 0 Å². The summed E-state index contributed by atoms with van der Waals surface area (Å²) in [5, 5.41) is 0. The van der Waals surface area contributed by atoms with Crippen molar-refractivity contribution >= 4 is 17.5 Å². The lowest BCUT2D eigenvalue weighted by molar-refractivity contribution is -0.138. The number of ether oxygens (including phenoxy) is 1. The minimum absolute atomic E-state index is 0.00595. The van der Waals surface area contributed by atoms with Gasteiger partial charge in [0.25, 0.3) is 5.78 Å². The maximum absolute atomic E-state index is 13.0. The lowest BCUT2D eigenvalue weighted by Gasteiger charge is -2.07. The van der Waals surface area contributed by atoms with Crippen molar-refractivity contribution in [1.29, 1.82) is 0 Å². The fourth-order valence-electron chi connectivity index (χ4n) is 4.88. The highest BCUT2D eigenvalue weighted by Gasteiger charge is 2.24. The summed E-state index contributed by atoms with van der Waals surface area (Å²) in [4.78, 5) is 38.0. The minimum atomic E-state index is -0.789. The number of carbonyl (C=O) groups excluding carboxylic acids is 3. The first-order chi connectivity index (χ1) is 17.5. The number of unbranched alkanes of at least 4 members (excludes halogenated alkanes) is 6. The third-order valence-corrected chi connectivity index (χ3v) is 6.96. The van der Waals surface area contributed by atoms with Gasteiger partial charge in [-0.15, -0.1) is 0 Å². The van der Waals surface area contributed by atoms with Crippen molar-refractivity contribution in [3.8, 4) is 11.1 Å². The van der Waals surface area contributed by atoms with Crippen LogP contribution < -0.4 is 0 Å². The molecule has 4 heteroatoms. The van der Waals surface area contributed by atoms with E-state index in [1.54, 1.807) is 12.1 Å². The lowest BCUT2D eigenvalue weighted by Crippen LogP contribution is -2.18. The molecule has 0 heterocycles. The number of esters is 1. The van der Waals surface area contributed by atoms with Gasteiger partial charge in [0.2, 0.25) is 0 Å². The van der Waals surface area contributed by atoms with E-state index in [9.17, 15) is 14.4 Å².